The van der Waals surface area contributed by atoms with Crippen molar-refractivity contribution in [2.75, 3.05) is 26.2 Å². The highest BCUT2D eigenvalue weighted by molar-refractivity contribution is 7.86. The van der Waals surface area contributed by atoms with Crippen molar-refractivity contribution in [3.8, 4) is 0 Å². The van der Waals surface area contributed by atoms with E-state index in [1.807, 2.05) is 0 Å². The van der Waals surface area contributed by atoms with Crippen LogP contribution in [0.4, 0.5) is 0 Å². The minimum atomic E-state index is -3.33. The minimum Gasteiger partial charge on any atom is -0.396 e. The van der Waals surface area contributed by atoms with Crippen LogP contribution in [0, 0.1) is 11.3 Å². The first-order chi connectivity index (χ1) is 10.3. The van der Waals surface area contributed by atoms with E-state index in [9.17, 15) is 8.42 Å². The van der Waals surface area contributed by atoms with Crippen LogP contribution in [0.3, 0.4) is 0 Å². The summed E-state index contributed by atoms with van der Waals surface area (Å²) in [7, 11) is -3.33. The van der Waals surface area contributed by atoms with Crippen LogP contribution >= 0.6 is 0 Å². The van der Waals surface area contributed by atoms with Crippen LogP contribution in [0.25, 0.3) is 0 Å². The smallest absolute Gasteiger partial charge is 0.282 e. The third-order valence-electron chi connectivity index (χ3n) is 5.04. The van der Waals surface area contributed by atoms with E-state index < -0.39 is 10.2 Å². The fourth-order valence-electron chi connectivity index (χ4n) is 3.33. The zero-order valence-electron chi connectivity index (χ0n) is 14.3. The van der Waals surface area contributed by atoms with Gasteiger partial charge in [0.15, 0.2) is 0 Å². The number of hydrogen-bond acceptors (Lipinski definition) is 3. The van der Waals surface area contributed by atoms with Gasteiger partial charge in [0.2, 0.25) is 0 Å². The first-order valence-corrected chi connectivity index (χ1v) is 10.0. The Morgan fingerprint density at radius 3 is 2.14 bits per heavy atom. The van der Waals surface area contributed by atoms with Gasteiger partial charge >= 0.3 is 0 Å². The van der Waals surface area contributed by atoms with Crippen LogP contribution in [0.1, 0.15) is 59.3 Å². The molecular weight excluding hydrogens is 300 g/mol. The van der Waals surface area contributed by atoms with E-state index >= 15 is 0 Å². The lowest BCUT2D eigenvalue weighted by Gasteiger charge is -2.39. The van der Waals surface area contributed by atoms with Gasteiger partial charge in [-0.1, -0.05) is 20.8 Å². The van der Waals surface area contributed by atoms with Gasteiger partial charge in [0, 0.05) is 32.3 Å². The zero-order chi connectivity index (χ0) is 16.4. The molecule has 2 rings (SSSR count). The predicted molar refractivity (Wildman–Crippen MR) is 88.7 cm³/mol. The summed E-state index contributed by atoms with van der Waals surface area (Å²) in [4.78, 5) is 0. The molecule has 22 heavy (non-hydrogen) atoms. The maximum atomic E-state index is 12.9. The largest absolute Gasteiger partial charge is 0.396 e. The molecule has 0 atom stereocenters. The molecule has 2 aliphatic rings. The molecule has 0 aromatic rings. The molecular formula is C16H32N2O3S. The van der Waals surface area contributed by atoms with Crippen LogP contribution in [0.2, 0.25) is 0 Å². The van der Waals surface area contributed by atoms with Crippen molar-refractivity contribution in [2.24, 2.45) is 11.3 Å². The molecule has 5 nitrogen and oxygen atoms in total. The number of aliphatic hydroxyl groups excluding tert-OH is 1. The van der Waals surface area contributed by atoms with E-state index in [0.717, 1.165) is 32.1 Å². The predicted octanol–water partition coefficient (Wildman–Crippen LogP) is 2.23. The standard InChI is InChI=1S/C16H32N2O3S/c1-16(2,3)14-8-11-17(12-9-14)22(20,21)18(15-6-7-15)10-4-5-13-19/h14-15,19H,4-13H2,1-3H3. The Morgan fingerprint density at radius 1 is 1.09 bits per heavy atom. The van der Waals surface area contributed by atoms with Gasteiger partial charge in [-0.05, 0) is 49.9 Å². The normalized spacial score (nSPS) is 22.4. The first kappa shape index (κ1) is 18.2. The lowest BCUT2D eigenvalue weighted by Crippen LogP contribution is -2.49. The van der Waals surface area contributed by atoms with Crippen LogP contribution in [0.15, 0.2) is 0 Å². The molecule has 2 fully saturated rings. The second-order valence-electron chi connectivity index (χ2n) is 7.82. The van der Waals surface area contributed by atoms with E-state index in [-0.39, 0.29) is 18.1 Å². The van der Waals surface area contributed by atoms with Gasteiger partial charge in [-0.25, -0.2) is 0 Å². The van der Waals surface area contributed by atoms with Crippen molar-refractivity contribution in [2.45, 2.75) is 65.3 Å². The summed E-state index contributed by atoms with van der Waals surface area (Å²) in [6, 6.07) is 0.198. The second-order valence-corrected chi connectivity index (χ2v) is 9.70. The summed E-state index contributed by atoms with van der Waals surface area (Å²) >= 11 is 0. The van der Waals surface area contributed by atoms with Crippen molar-refractivity contribution < 1.29 is 13.5 Å². The molecule has 1 saturated heterocycles. The van der Waals surface area contributed by atoms with Gasteiger partial charge in [-0.2, -0.15) is 17.0 Å². The molecule has 0 aromatic heterocycles. The molecule has 1 saturated carbocycles. The van der Waals surface area contributed by atoms with Gasteiger partial charge < -0.3 is 5.11 Å². The topological polar surface area (TPSA) is 60.9 Å². The molecule has 1 aliphatic heterocycles. The Bertz CT molecular complexity index is 447. The number of rotatable bonds is 7. The average molecular weight is 333 g/mol. The maximum absolute atomic E-state index is 12.9. The van der Waals surface area contributed by atoms with Crippen molar-refractivity contribution in [1.29, 1.82) is 0 Å². The monoisotopic (exact) mass is 332 g/mol. The molecule has 0 bridgehead atoms. The maximum Gasteiger partial charge on any atom is 0.282 e. The molecule has 1 N–H and O–H groups in total. The highest BCUT2D eigenvalue weighted by Gasteiger charge is 2.41. The van der Waals surface area contributed by atoms with Crippen LogP contribution in [0.5, 0.6) is 0 Å². The zero-order valence-corrected chi connectivity index (χ0v) is 15.1. The summed E-state index contributed by atoms with van der Waals surface area (Å²) in [6.07, 6.45) is 5.29. The molecule has 1 aliphatic carbocycles. The van der Waals surface area contributed by atoms with E-state index in [1.54, 1.807) is 8.61 Å². The second kappa shape index (κ2) is 7.16. The number of aliphatic hydroxyl groups is 1. The number of hydrogen-bond donors (Lipinski definition) is 1. The van der Waals surface area contributed by atoms with Gasteiger partial charge in [0.25, 0.3) is 10.2 Å². The lowest BCUT2D eigenvalue weighted by molar-refractivity contribution is 0.149. The van der Waals surface area contributed by atoms with E-state index in [2.05, 4.69) is 20.8 Å². The molecule has 0 aromatic carbocycles. The van der Waals surface area contributed by atoms with Gasteiger partial charge in [0.05, 0.1) is 0 Å². The van der Waals surface area contributed by atoms with E-state index in [1.165, 1.54) is 0 Å². The van der Waals surface area contributed by atoms with Crippen molar-refractivity contribution in [3.63, 3.8) is 0 Å². The van der Waals surface area contributed by atoms with Gasteiger partial charge in [0.1, 0.15) is 0 Å². The Balaban J connectivity index is 1.97. The first-order valence-electron chi connectivity index (χ1n) is 8.64. The molecule has 6 heteroatoms. The molecule has 1 heterocycles. The highest BCUT2D eigenvalue weighted by Crippen LogP contribution is 2.37. The summed E-state index contributed by atoms with van der Waals surface area (Å²) in [5.41, 5.74) is 0.257. The third-order valence-corrected chi connectivity index (χ3v) is 7.13. The number of unbranched alkanes of at least 4 members (excludes halogenated alkanes) is 1. The van der Waals surface area contributed by atoms with E-state index in [4.69, 9.17) is 5.11 Å². The summed E-state index contributed by atoms with van der Waals surface area (Å²) in [5, 5.41) is 8.91. The SMILES string of the molecule is CC(C)(C)C1CCN(S(=O)(=O)N(CCCCO)C2CC2)CC1. The Hall–Kier alpha value is -0.170. The molecule has 0 amide bonds. The fourth-order valence-corrected chi connectivity index (χ4v) is 5.25. The quantitative estimate of drug-likeness (QED) is 0.727. The number of piperidine rings is 1. The van der Waals surface area contributed by atoms with Crippen LogP contribution < -0.4 is 0 Å². The molecule has 0 spiro atoms. The Morgan fingerprint density at radius 2 is 1.68 bits per heavy atom. The van der Waals surface area contributed by atoms with Crippen molar-refractivity contribution in [3.05, 3.63) is 0 Å². The van der Waals surface area contributed by atoms with Gasteiger partial charge in [-0.3, -0.25) is 0 Å². The Kier molecular flexibility index (Phi) is 5.91. The van der Waals surface area contributed by atoms with Crippen molar-refractivity contribution in [1.82, 2.24) is 8.61 Å². The van der Waals surface area contributed by atoms with Gasteiger partial charge in [-0.15, -0.1) is 0 Å². The number of nitrogens with zero attached hydrogens (tertiary/aromatic N) is 2. The lowest BCUT2D eigenvalue weighted by atomic mass is 9.76. The van der Waals surface area contributed by atoms with Crippen molar-refractivity contribution >= 4 is 10.2 Å². The third kappa shape index (κ3) is 4.43. The Labute approximate surface area is 135 Å². The van der Waals surface area contributed by atoms with Crippen LogP contribution in [-0.4, -0.2) is 54.4 Å². The van der Waals surface area contributed by atoms with E-state index in [0.29, 0.717) is 32.0 Å². The molecule has 0 radical (unpaired) electrons. The average Bonchev–Trinajstić information content (AvgIpc) is 3.27. The highest BCUT2D eigenvalue weighted by atomic mass is 32.2. The summed E-state index contributed by atoms with van der Waals surface area (Å²) in [5.74, 6) is 0.600. The van der Waals surface area contributed by atoms with Crippen LogP contribution in [-0.2, 0) is 10.2 Å². The fraction of sp³-hybridized carbons (Fsp3) is 1.00. The minimum absolute atomic E-state index is 0.134. The summed E-state index contributed by atoms with van der Waals surface area (Å²) < 4.78 is 29.2. The molecule has 0 unspecified atom stereocenters. The molecule has 130 valence electrons. The summed E-state index contributed by atoms with van der Waals surface area (Å²) in [6.45, 7) is 8.71.